The van der Waals surface area contributed by atoms with Crippen molar-refractivity contribution in [2.45, 2.75) is 74.6 Å². The molecule has 0 bridgehead atoms. The number of nitrogens with zero attached hydrogens (tertiary/aromatic N) is 1. The minimum atomic E-state index is -1.83. The highest BCUT2D eigenvalue weighted by molar-refractivity contribution is 4.95. The number of ether oxygens (including phenoxy) is 1. The molecule has 0 aromatic carbocycles. The first-order valence-corrected chi connectivity index (χ1v) is 7.72. The van der Waals surface area contributed by atoms with Crippen molar-refractivity contribution in [1.82, 2.24) is 5.06 Å². The van der Waals surface area contributed by atoms with Gasteiger partial charge in [-0.05, 0) is 6.42 Å². The third kappa shape index (κ3) is 3.43. The number of aliphatic hydroxyl groups is 8. The second kappa shape index (κ2) is 7.85. The molecule has 24 heavy (non-hydrogen) atoms. The van der Waals surface area contributed by atoms with Crippen molar-refractivity contribution in [3.8, 4) is 0 Å². The average Bonchev–Trinajstić information content (AvgIpc) is 2.58. The van der Waals surface area contributed by atoms with E-state index in [9.17, 15) is 40.9 Å². The summed E-state index contributed by atoms with van der Waals surface area (Å²) in [5.74, 6) is 0. The molecule has 142 valence electrons. The molecule has 0 radical (unpaired) electrons. The van der Waals surface area contributed by atoms with Crippen LogP contribution in [0, 0.1) is 0 Å². The number of rotatable bonds is 4. The van der Waals surface area contributed by atoms with Gasteiger partial charge in [-0.1, -0.05) is 6.92 Å². The normalized spacial score (nSPS) is 50.9. The van der Waals surface area contributed by atoms with Crippen LogP contribution in [0.2, 0.25) is 0 Å². The fraction of sp³-hybridized carbons (Fsp3) is 1.00. The highest BCUT2D eigenvalue weighted by Crippen LogP contribution is 2.29. The van der Waals surface area contributed by atoms with Crippen molar-refractivity contribution >= 4 is 0 Å². The van der Waals surface area contributed by atoms with Gasteiger partial charge in [-0.2, -0.15) is 0 Å². The van der Waals surface area contributed by atoms with Gasteiger partial charge in [-0.3, -0.25) is 4.84 Å². The van der Waals surface area contributed by atoms with Gasteiger partial charge >= 0.3 is 0 Å². The number of hydrogen-bond acceptors (Lipinski definition) is 11. The van der Waals surface area contributed by atoms with Gasteiger partial charge in [0.05, 0.1) is 18.8 Å². The molecule has 1 unspecified atom stereocenters. The van der Waals surface area contributed by atoms with E-state index in [1.807, 2.05) is 0 Å². The minimum absolute atomic E-state index is 0.292. The fourth-order valence-electron chi connectivity index (χ4n) is 2.89. The van der Waals surface area contributed by atoms with E-state index < -0.39 is 67.9 Å². The van der Waals surface area contributed by atoms with E-state index in [0.717, 1.165) is 0 Å². The highest BCUT2D eigenvalue weighted by atomic mass is 16.8. The molecule has 2 aliphatic heterocycles. The van der Waals surface area contributed by atoms with Gasteiger partial charge in [-0.25, -0.2) is 0 Å². The maximum Gasteiger partial charge on any atom is 0.206 e. The molecule has 0 spiro atoms. The fourth-order valence-corrected chi connectivity index (χ4v) is 2.89. The first kappa shape index (κ1) is 19.9. The van der Waals surface area contributed by atoms with Crippen LogP contribution < -0.4 is 0 Å². The molecule has 0 aliphatic carbocycles. The van der Waals surface area contributed by atoms with E-state index >= 15 is 0 Å². The average molecular weight is 355 g/mol. The van der Waals surface area contributed by atoms with Gasteiger partial charge < -0.3 is 45.6 Å². The van der Waals surface area contributed by atoms with Crippen LogP contribution in [0.4, 0.5) is 0 Å². The van der Waals surface area contributed by atoms with Crippen LogP contribution in [0.15, 0.2) is 0 Å². The van der Waals surface area contributed by atoms with Crippen molar-refractivity contribution < 1.29 is 50.4 Å². The summed E-state index contributed by atoms with van der Waals surface area (Å²) in [6.45, 7) is 0.929. The predicted octanol–water partition coefficient (Wildman–Crippen LogP) is -4.79. The van der Waals surface area contributed by atoms with Crippen LogP contribution in [-0.4, -0.2) is 114 Å². The van der Waals surface area contributed by atoms with Gasteiger partial charge in [0.1, 0.15) is 36.6 Å². The molecule has 2 heterocycles. The largest absolute Gasteiger partial charge is 0.395 e. The SMILES string of the molecule is CC[C@H]1O[C@H](ON2C(O)[C@@H](O)[C@H](O)[C@H](O)[C@H]2CO)[C@H](O)[C@@H](O)[C@@H]1O. The Bertz CT molecular complexity index is 412. The Hall–Kier alpha value is -0.440. The van der Waals surface area contributed by atoms with Gasteiger partial charge in [0.15, 0.2) is 6.23 Å². The van der Waals surface area contributed by atoms with Crippen LogP contribution >= 0.6 is 0 Å². The minimum Gasteiger partial charge on any atom is -0.395 e. The Kier molecular flexibility index (Phi) is 6.50. The summed E-state index contributed by atoms with van der Waals surface area (Å²) in [7, 11) is 0. The monoisotopic (exact) mass is 355 g/mol. The lowest BCUT2D eigenvalue weighted by Crippen LogP contribution is -2.69. The second-order valence-electron chi connectivity index (χ2n) is 6.02. The van der Waals surface area contributed by atoms with Crippen LogP contribution in [0.25, 0.3) is 0 Å². The lowest BCUT2D eigenvalue weighted by atomic mass is 9.94. The standard InChI is InChI=1S/C13H25NO10/c1-2-5-7(17)9(19)11(21)13(23-5)24-14-4(3-15)6(16)8(18)10(20)12(14)22/h4-13,15-22H,2-3H2,1H3/t4-,5-,6-,7-,8-,9+,10+,11-,12?,13-/m1/s1. The van der Waals surface area contributed by atoms with E-state index in [4.69, 9.17) is 9.57 Å². The van der Waals surface area contributed by atoms with Crippen molar-refractivity contribution in [2.24, 2.45) is 0 Å². The summed E-state index contributed by atoms with van der Waals surface area (Å²) in [5.41, 5.74) is 0. The molecule has 8 N–H and O–H groups in total. The van der Waals surface area contributed by atoms with Crippen LogP contribution in [0.1, 0.15) is 13.3 Å². The Morgan fingerprint density at radius 1 is 0.833 bits per heavy atom. The van der Waals surface area contributed by atoms with Crippen molar-refractivity contribution in [3.05, 3.63) is 0 Å². The third-order valence-corrected chi connectivity index (χ3v) is 4.47. The Morgan fingerprint density at radius 2 is 1.42 bits per heavy atom. The maximum absolute atomic E-state index is 10.0. The molecule has 0 amide bonds. The molecular weight excluding hydrogens is 330 g/mol. The van der Waals surface area contributed by atoms with E-state index in [0.29, 0.717) is 11.5 Å². The number of hydrogen-bond donors (Lipinski definition) is 8. The lowest BCUT2D eigenvalue weighted by Gasteiger charge is -2.48. The van der Waals surface area contributed by atoms with Gasteiger partial charge in [-0.15, -0.1) is 5.06 Å². The van der Waals surface area contributed by atoms with Crippen LogP contribution in [-0.2, 0) is 9.57 Å². The van der Waals surface area contributed by atoms with Crippen LogP contribution in [0.5, 0.6) is 0 Å². The van der Waals surface area contributed by atoms with Gasteiger partial charge in [0.25, 0.3) is 0 Å². The van der Waals surface area contributed by atoms with Crippen molar-refractivity contribution in [3.63, 3.8) is 0 Å². The first-order valence-electron chi connectivity index (χ1n) is 7.72. The zero-order valence-electron chi connectivity index (χ0n) is 13.0. The topological polar surface area (TPSA) is 184 Å². The van der Waals surface area contributed by atoms with E-state index in [1.54, 1.807) is 6.92 Å². The molecule has 10 atom stereocenters. The zero-order valence-corrected chi connectivity index (χ0v) is 13.0. The van der Waals surface area contributed by atoms with E-state index in [-0.39, 0.29) is 0 Å². The Morgan fingerprint density at radius 3 is 1.96 bits per heavy atom. The summed E-state index contributed by atoms with van der Waals surface area (Å²) in [5, 5.41) is 78.9. The third-order valence-electron chi connectivity index (χ3n) is 4.47. The van der Waals surface area contributed by atoms with Crippen molar-refractivity contribution in [1.29, 1.82) is 0 Å². The van der Waals surface area contributed by atoms with Crippen LogP contribution in [0.3, 0.4) is 0 Å². The molecule has 2 saturated heterocycles. The molecule has 0 aromatic rings. The molecule has 11 heteroatoms. The smallest absolute Gasteiger partial charge is 0.206 e. The molecule has 0 saturated carbocycles. The quantitative estimate of drug-likeness (QED) is 0.242. The van der Waals surface area contributed by atoms with Crippen molar-refractivity contribution in [2.75, 3.05) is 6.61 Å². The van der Waals surface area contributed by atoms with E-state index in [1.165, 1.54) is 0 Å². The molecule has 2 fully saturated rings. The number of hydroxylamine groups is 2. The summed E-state index contributed by atoms with van der Waals surface area (Å²) >= 11 is 0. The van der Waals surface area contributed by atoms with E-state index in [2.05, 4.69) is 0 Å². The highest BCUT2D eigenvalue weighted by Gasteiger charge is 2.51. The number of piperidine rings is 1. The first-order chi connectivity index (χ1) is 11.2. The number of aliphatic hydroxyl groups excluding tert-OH is 8. The van der Waals surface area contributed by atoms with Gasteiger partial charge in [0, 0.05) is 0 Å². The summed E-state index contributed by atoms with van der Waals surface area (Å²) in [4.78, 5) is 5.25. The summed E-state index contributed by atoms with van der Waals surface area (Å²) < 4.78 is 5.33. The zero-order chi connectivity index (χ0) is 18.2. The predicted molar refractivity (Wildman–Crippen MR) is 74.8 cm³/mol. The summed E-state index contributed by atoms with van der Waals surface area (Å²) in [6.07, 6.45) is -13.7. The Balaban J connectivity index is 2.17. The molecular formula is C13H25NO10. The maximum atomic E-state index is 10.0. The molecule has 11 nitrogen and oxygen atoms in total. The Labute approximate surface area is 137 Å². The molecule has 0 aromatic heterocycles. The molecule has 2 aliphatic rings. The molecule has 2 rings (SSSR count). The lowest BCUT2D eigenvalue weighted by molar-refractivity contribution is -0.417. The second-order valence-corrected chi connectivity index (χ2v) is 6.02. The van der Waals surface area contributed by atoms with Gasteiger partial charge in [0.2, 0.25) is 6.29 Å². The summed E-state index contributed by atoms with van der Waals surface area (Å²) in [6, 6.07) is -1.32.